The van der Waals surface area contributed by atoms with E-state index in [1.54, 1.807) is 11.8 Å². The summed E-state index contributed by atoms with van der Waals surface area (Å²) >= 11 is 3.07. The van der Waals surface area contributed by atoms with Crippen LogP contribution in [0.1, 0.15) is 46.0 Å². The van der Waals surface area contributed by atoms with E-state index >= 15 is 0 Å². The SMILES string of the molecule is CCC(C)C(N)C(=O)NC(CCSC)C(=O)N1CCCC1C(=O)NC(CCSC)C(=O)O. The first-order valence-electron chi connectivity index (χ1n) is 11.0. The number of aliphatic carboxylic acids is 1. The standard InChI is InChI=1S/C21H38N4O5S2/c1-5-13(2)17(22)19(27)23-14(8-11-31-3)20(28)25-10-6-7-16(25)18(26)24-15(21(29)30)9-12-32-4/h13-17H,5-12,22H2,1-4H3,(H,23,27)(H,24,26)(H,29,30). The van der Waals surface area contributed by atoms with Gasteiger partial charge in [0.1, 0.15) is 18.1 Å². The maximum Gasteiger partial charge on any atom is 0.326 e. The van der Waals surface area contributed by atoms with Crippen molar-refractivity contribution in [2.24, 2.45) is 11.7 Å². The van der Waals surface area contributed by atoms with Crippen LogP contribution in [0.5, 0.6) is 0 Å². The normalized spacial score (nSPS) is 19.7. The molecule has 0 bridgehead atoms. The molecule has 1 aliphatic rings. The third-order valence-corrected chi connectivity index (χ3v) is 7.14. The Hall–Kier alpha value is -1.46. The second-order valence-corrected chi connectivity index (χ2v) is 10.1. The van der Waals surface area contributed by atoms with Gasteiger partial charge in [-0.2, -0.15) is 23.5 Å². The molecule has 5 unspecified atom stereocenters. The summed E-state index contributed by atoms with van der Waals surface area (Å²) in [4.78, 5) is 51.7. The Kier molecular flexibility index (Phi) is 13.1. The molecule has 0 aromatic heterocycles. The maximum absolute atomic E-state index is 13.3. The molecule has 0 saturated carbocycles. The number of nitrogens with one attached hydrogen (secondary N) is 2. The molecule has 1 saturated heterocycles. The number of carbonyl (C=O) groups is 4. The zero-order valence-electron chi connectivity index (χ0n) is 19.5. The minimum Gasteiger partial charge on any atom is -0.480 e. The van der Waals surface area contributed by atoms with Gasteiger partial charge < -0.3 is 26.4 Å². The van der Waals surface area contributed by atoms with Crippen molar-refractivity contribution in [3.63, 3.8) is 0 Å². The van der Waals surface area contributed by atoms with Crippen LogP contribution in [0.4, 0.5) is 0 Å². The van der Waals surface area contributed by atoms with Crippen molar-refractivity contribution in [1.29, 1.82) is 0 Å². The summed E-state index contributed by atoms with van der Waals surface area (Å²) < 4.78 is 0. The summed E-state index contributed by atoms with van der Waals surface area (Å²) in [6, 6.07) is -3.22. The third kappa shape index (κ3) is 8.47. The Labute approximate surface area is 199 Å². The van der Waals surface area contributed by atoms with E-state index in [1.165, 1.54) is 16.7 Å². The second kappa shape index (κ2) is 14.6. The molecular weight excluding hydrogens is 452 g/mol. The lowest BCUT2D eigenvalue weighted by Gasteiger charge is -2.30. The molecule has 0 spiro atoms. The molecule has 1 aliphatic heterocycles. The fourth-order valence-corrected chi connectivity index (χ4v) is 4.48. The number of carbonyl (C=O) groups excluding carboxylic acids is 3. The molecule has 1 fully saturated rings. The van der Waals surface area contributed by atoms with Gasteiger partial charge in [-0.05, 0) is 55.6 Å². The summed E-state index contributed by atoms with van der Waals surface area (Å²) in [6.07, 6.45) is 6.37. The van der Waals surface area contributed by atoms with Crippen LogP contribution in [-0.2, 0) is 19.2 Å². The van der Waals surface area contributed by atoms with Gasteiger partial charge in [-0.3, -0.25) is 14.4 Å². The van der Waals surface area contributed by atoms with Gasteiger partial charge in [-0.15, -0.1) is 0 Å². The monoisotopic (exact) mass is 490 g/mol. The molecule has 0 radical (unpaired) electrons. The Bertz CT molecular complexity index is 652. The van der Waals surface area contributed by atoms with E-state index in [-0.39, 0.29) is 17.7 Å². The van der Waals surface area contributed by atoms with Crippen LogP contribution >= 0.6 is 23.5 Å². The van der Waals surface area contributed by atoms with Crippen LogP contribution < -0.4 is 16.4 Å². The van der Waals surface area contributed by atoms with Crippen molar-refractivity contribution in [2.75, 3.05) is 30.6 Å². The van der Waals surface area contributed by atoms with E-state index < -0.39 is 36.0 Å². The fraction of sp³-hybridized carbons (Fsp3) is 0.810. The van der Waals surface area contributed by atoms with Crippen LogP contribution in [0.3, 0.4) is 0 Å². The van der Waals surface area contributed by atoms with Crippen LogP contribution in [0.25, 0.3) is 0 Å². The molecule has 11 heteroatoms. The fourth-order valence-electron chi connectivity index (χ4n) is 3.54. The molecule has 0 aromatic carbocycles. The lowest BCUT2D eigenvalue weighted by Crippen LogP contribution is -2.57. The van der Waals surface area contributed by atoms with Crippen molar-refractivity contribution in [2.45, 2.75) is 70.1 Å². The molecule has 1 rings (SSSR count). The molecule has 3 amide bonds. The Morgan fingerprint density at radius 2 is 1.69 bits per heavy atom. The second-order valence-electron chi connectivity index (χ2n) is 8.12. The highest BCUT2D eigenvalue weighted by Gasteiger charge is 2.39. The van der Waals surface area contributed by atoms with Gasteiger partial charge in [0.2, 0.25) is 17.7 Å². The molecule has 0 aromatic rings. The molecule has 5 N–H and O–H groups in total. The van der Waals surface area contributed by atoms with E-state index in [1.807, 2.05) is 26.4 Å². The highest BCUT2D eigenvalue weighted by atomic mass is 32.2. The first-order valence-corrected chi connectivity index (χ1v) is 13.8. The minimum atomic E-state index is -1.09. The van der Waals surface area contributed by atoms with E-state index in [4.69, 9.17) is 5.73 Å². The van der Waals surface area contributed by atoms with E-state index in [2.05, 4.69) is 10.6 Å². The number of thioether (sulfide) groups is 2. The number of carboxylic acids is 1. The van der Waals surface area contributed by atoms with Crippen molar-refractivity contribution in [3.05, 3.63) is 0 Å². The number of amides is 3. The first kappa shape index (κ1) is 28.6. The molecule has 1 heterocycles. The number of carboxylic acid groups (broad SMARTS) is 1. The number of hydrogen-bond acceptors (Lipinski definition) is 7. The zero-order valence-corrected chi connectivity index (χ0v) is 21.1. The summed E-state index contributed by atoms with van der Waals surface area (Å²) in [5.41, 5.74) is 6.04. The summed E-state index contributed by atoms with van der Waals surface area (Å²) in [5.74, 6) is -1.01. The topological polar surface area (TPSA) is 142 Å². The average molecular weight is 491 g/mol. The van der Waals surface area contributed by atoms with E-state index in [0.29, 0.717) is 43.7 Å². The number of likely N-dealkylation sites (tertiary alicyclic amines) is 1. The van der Waals surface area contributed by atoms with E-state index in [9.17, 15) is 24.3 Å². The summed E-state index contributed by atoms with van der Waals surface area (Å²) in [7, 11) is 0. The van der Waals surface area contributed by atoms with Crippen molar-refractivity contribution < 1.29 is 24.3 Å². The lowest BCUT2D eigenvalue weighted by atomic mass is 9.99. The van der Waals surface area contributed by atoms with Crippen molar-refractivity contribution in [3.8, 4) is 0 Å². The average Bonchev–Trinajstić information content (AvgIpc) is 3.27. The van der Waals surface area contributed by atoms with Gasteiger partial charge in [0.25, 0.3) is 0 Å². The smallest absolute Gasteiger partial charge is 0.326 e. The Morgan fingerprint density at radius 1 is 1.09 bits per heavy atom. The van der Waals surface area contributed by atoms with Crippen LogP contribution in [0, 0.1) is 5.92 Å². The van der Waals surface area contributed by atoms with Crippen LogP contribution in [-0.4, -0.2) is 88.4 Å². The first-order chi connectivity index (χ1) is 15.2. The highest BCUT2D eigenvalue weighted by Crippen LogP contribution is 2.20. The van der Waals surface area contributed by atoms with Gasteiger partial charge >= 0.3 is 5.97 Å². The van der Waals surface area contributed by atoms with Gasteiger partial charge in [0.15, 0.2) is 0 Å². The molecule has 32 heavy (non-hydrogen) atoms. The summed E-state index contributed by atoms with van der Waals surface area (Å²) in [5, 5.41) is 14.8. The van der Waals surface area contributed by atoms with Crippen LogP contribution in [0.2, 0.25) is 0 Å². The van der Waals surface area contributed by atoms with Crippen molar-refractivity contribution in [1.82, 2.24) is 15.5 Å². The molecule has 0 aliphatic carbocycles. The van der Waals surface area contributed by atoms with E-state index in [0.717, 1.165) is 6.42 Å². The molecular formula is C21H38N4O5S2. The molecule has 9 nitrogen and oxygen atoms in total. The number of nitrogens with two attached hydrogens (primary N) is 1. The lowest BCUT2D eigenvalue weighted by molar-refractivity contribution is -0.145. The number of rotatable bonds is 14. The predicted octanol–water partition coefficient (Wildman–Crippen LogP) is 0.911. The Morgan fingerprint density at radius 3 is 2.22 bits per heavy atom. The Balaban J connectivity index is 2.91. The van der Waals surface area contributed by atoms with Gasteiger partial charge in [-0.1, -0.05) is 20.3 Å². The van der Waals surface area contributed by atoms with Crippen LogP contribution in [0.15, 0.2) is 0 Å². The summed E-state index contributed by atoms with van der Waals surface area (Å²) in [6.45, 7) is 4.23. The van der Waals surface area contributed by atoms with Gasteiger partial charge in [-0.25, -0.2) is 4.79 Å². The zero-order chi connectivity index (χ0) is 24.3. The quantitative estimate of drug-likeness (QED) is 0.281. The van der Waals surface area contributed by atoms with Crippen molar-refractivity contribution >= 4 is 47.2 Å². The minimum absolute atomic E-state index is 0.0224. The van der Waals surface area contributed by atoms with Gasteiger partial charge in [0.05, 0.1) is 6.04 Å². The third-order valence-electron chi connectivity index (χ3n) is 5.85. The largest absolute Gasteiger partial charge is 0.480 e. The number of hydrogen-bond donors (Lipinski definition) is 4. The number of nitrogens with zero attached hydrogens (tertiary/aromatic N) is 1. The molecule has 5 atom stereocenters. The maximum atomic E-state index is 13.3. The predicted molar refractivity (Wildman–Crippen MR) is 130 cm³/mol. The highest BCUT2D eigenvalue weighted by molar-refractivity contribution is 7.98. The molecule has 184 valence electrons. The van der Waals surface area contributed by atoms with Gasteiger partial charge in [0, 0.05) is 6.54 Å².